The molecule has 43 heavy (non-hydrogen) atoms. The molecule has 1 atom stereocenters. The Balaban J connectivity index is 0.992. The first-order valence-electron chi connectivity index (χ1n) is 15.5. The molecule has 0 radical (unpaired) electrons. The second-order valence-corrected chi connectivity index (χ2v) is 11.4. The fourth-order valence-electron chi connectivity index (χ4n) is 6.19. The van der Waals surface area contributed by atoms with E-state index in [-0.39, 0.29) is 18.1 Å². The van der Waals surface area contributed by atoms with Gasteiger partial charge in [0.1, 0.15) is 17.6 Å². The van der Waals surface area contributed by atoms with Crippen LogP contribution in [0.15, 0.2) is 108 Å². The maximum atomic E-state index is 13.0. The van der Waals surface area contributed by atoms with E-state index in [0.29, 0.717) is 31.2 Å². The Labute approximate surface area is 254 Å². The van der Waals surface area contributed by atoms with E-state index in [4.69, 9.17) is 13.9 Å². The number of rotatable bonds is 11. The topological polar surface area (TPSA) is 67.2 Å². The van der Waals surface area contributed by atoms with Crippen molar-refractivity contribution in [3.63, 3.8) is 0 Å². The predicted octanol–water partition coefficient (Wildman–Crippen LogP) is 5.76. The predicted molar refractivity (Wildman–Crippen MR) is 167 cm³/mol. The monoisotopic (exact) mass is 579 g/mol. The van der Waals surface area contributed by atoms with Gasteiger partial charge in [0.25, 0.3) is 5.91 Å². The molecule has 0 saturated carbocycles. The molecular weight excluding hydrogens is 538 g/mol. The zero-order chi connectivity index (χ0) is 29.3. The van der Waals surface area contributed by atoms with Gasteiger partial charge in [0.2, 0.25) is 0 Å². The number of likely N-dealkylation sites (tertiary alicyclic amines) is 1. The fraction of sp³-hybridized carbons (Fsp3) is 0.361. The first-order chi connectivity index (χ1) is 21.2. The van der Waals surface area contributed by atoms with Crippen molar-refractivity contribution >= 4 is 5.91 Å². The molecule has 2 aliphatic rings. The Kier molecular flexibility index (Phi) is 9.85. The van der Waals surface area contributed by atoms with E-state index in [0.717, 1.165) is 57.1 Å². The number of hydrogen-bond acceptors (Lipinski definition) is 6. The van der Waals surface area contributed by atoms with E-state index < -0.39 is 0 Å². The average molecular weight is 580 g/mol. The van der Waals surface area contributed by atoms with E-state index in [2.05, 4.69) is 75.8 Å². The number of nitrogens with one attached hydrogen (secondary N) is 1. The van der Waals surface area contributed by atoms with Gasteiger partial charge in [-0.05, 0) is 60.4 Å². The van der Waals surface area contributed by atoms with Crippen molar-refractivity contribution in [2.75, 3.05) is 52.5 Å². The quantitative estimate of drug-likeness (QED) is 0.244. The molecule has 3 heterocycles. The molecule has 0 bridgehead atoms. The van der Waals surface area contributed by atoms with Gasteiger partial charge >= 0.3 is 0 Å². The summed E-state index contributed by atoms with van der Waals surface area (Å²) in [5.41, 5.74) is 3.33. The largest absolute Gasteiger partial charge is 0.490 e. The number of piperidine rings is 1. The SMILES string of the molecule is O=C(NCC(c1ccco1)N1CCOCC1)c1ccc(OC2CCN(CC(c3ccccc3)c3ccccc3)CC2)cc1. The summed E-state index contributed by atoms with van der Waals surface area (Å²) in [5, 5.41) is 3.10. The van der Waals surface area contributed by atoms with E-state index in [1.54, 1.807) is 6.26 Å². The van der Waals surface area contributed by atoms with Crippen molar-refractivity contribution in [1.82, 2.24) is 15.1 Å². The molecule has 1 amide bonds. The van der Waals surface area contributed by atoms with Gasteiger partial charge in [-0.2, -0.15) is 0 Å². The van der Waals surface area contributed by atoms with Gasteiger partial charge in [-0.1, -0.05) is 60.7 Å². The summed E-state index contributed by atoms with van der Waals surface area (Å²) in [4.78, 5) is 17.9. The lowest BCUT2D eigenvalue weighted by molar-refractivity contribution is 0.0118. The summed E-state index contributed by atoms with van der Waals surface area (Å²) in [6.45, 7) is 6.47. The highest BCUT2D eigenvalue weighted by atomic mass is 16.5. The Hall–Kier alpha value is -3.91. The van der Waals surface area contributed by atoms with Crippen molar-refractivity contribution in [3.8, 4) is 5.75 Å². The number of hydrogen-bond donors (Lipinski definition) is 1. The molecule has 1 unspecified atom stereocenters. The molecule has 2 aliphatic heterocycles. The summed E-state index contributed by atoms with van der Waals surface area (Å²) in [6, 6.07) is 33.0. The van der Waals surface area contributed by atoms with Gasteiger partial charge < -0.3 is 24.1 Å². The van der Waals surface area contributed by atoms with Crippen molar-refractivity contribution in [3.05, 3.63) is 126 Å². The third-order valence-electron chi connectivity index (χ3n) is 8.61. The van der Waals surface area contributed by atoms with Crippen molar-refractivity contribution < 1.29 is 18.7 Å². The van der Waals surface area contributed by atoms with Crippen LogP contribution in [0.5, 0.6) is 5.75 Å². The summed E-state index contributed by atoms with van der Waals surface area (Å²) < 4.78 is 17.5. The van der Waals surface area contributed by atoms with Crippen LogP contribution in [0.2, 0.25) is 0 Å². The Morgan fingerprint density at radius 3 is 2.07 bits per heavy atom. The summed E-state index contributed by atoms with van der Waals surface area (Å²) in [6.07, 6.45) is 3.81. The van der Waals surface area contributed by atoms with Crippen LogP contribution < -0.4 is 10.1 Å². The van der Waals surface area contributed by atoms with E-state index >= 15 is 0 Å². The van der Waals surface area contributed by atoms with Gasteiger partial charge in [0.05, 0.1) is 25.5 Å². The first-order valence-corrected chi connectivity index (χ1v) is 15.5. The molecule has 6 rings (SSSR count). The molecular formula is C36H41N3O4. The van der Waals surface area contributed by atoms with Crippen LogP contribution in [0.3, 0.4) is 0 Å². The van der Waals surface area contributed by atoms with Gasteiger partial charge in [0, 0.05) is 50.7 Å². The Morgan fingerprint density at radius 1 is 0.814 bits per heavy atom. The second-order valence-electron chi connectivity index (χ2n) is 11.4. The molecule has 7 nitrogen and oxygen atoms in total. The van der Waals surface area contributed by atoms with Crippen molar-refractivity contribution in [1.29, 1.82) is 0 Å². The highest BCUT2D eigenvalue weighted by Gasteiger charge is 2.26. The summed E-state index contributed by atoms with van der Waals surface area (Å²) in [5.74, 6) is 1.91. The van der Waals surface area contributed by atoms with E-state index in [1.165, 1.54) is 11.1 Å². The number of ether oxygens (including phenoxy) is 2. The van der Waals surface area contributed by atoms with Crippen LogP contribution in [-0.4, -0.2) is 74.3 Å². The van der Waals surface area contributed by atoms with Crippen LogP contribution in [0.1, 0.15) is 52.0 Å². The van der Waals surface area contributed by atoms with E-state index in [1.807, 2.05) is 36.4 Å². The number of carbonyl (C=O) groups excluding carboxylic acids is 1. The fourth-order valence-corrected chi connectivity index (χ4v) is 6.19. The number of morpholine rings is 1. The number of amides is 1. The minimum Gasteiger partial charge on any atom is -0.490 e. The molecule has 4 aromatic rings. The summed E-state index contributed by atoms with van der Waals surface area (Å²) >= 11 is 0. The lowest BCUT2D eigenvalue weighted by Gasteiger charge is -2.34. The van der Waals surface area contributed by atoms with Crippen LogP contribution in [0.25, 0.3) is 0 Å². The van der Waals surface area contributed by atoms with E-state index in [9.17, 15) is 4.79 Å². The van der Waals surface area contributed by atoms with Crippen LogP contribution in [-0.2, 0) is 4.74 Å². The third kappa shape index (κ3) is 7.73. The Bertz CT molecular complexity index is 1340. The smallest absolute Gasteiger partial charge is 0.251 e. The van der Waals surface area contributed by atoms with Crippen LogP contribution >= 0.6 is 0 Å². The first kappa shape index (κ1) is 29.2. The molecule has 7 heteroatoms. The van der Waals surface area contributed by atoms with Gasteiger partial charge in [0.15, 0.2) is 0 Å². The van der Waals surface area contributed by atoms with Gasteiger partial charge in [-0.25, -0.2) is 0 Å². The van der Waals surface area contributed by atoms with Crippen molar-refractivity contribution in [2.24, 2.45) is 0 Å². The molecule has 3 aromatic carbocycles. The van der Waals surface area contributed by atoms with Gasteiger partial charge in [-0.15, -0.1) is 0 Å². The van der Waals surface area contributed by atoms with Gasteiger partial charge in [-0.3, -0.25) is 9.69 Å². The second kappa shape index (κ2) is 14.5. The molecule has 2 fully saturated rings. The number of nitrogens with zero attached hydrogens (tertiary/aromatic N) is 2. The highest BCUT2D eigenvalue weighted by Crippen LogP contribution is 2.28. The molecule has 224 valence electrons. The Morgan fingerprint density at radius 2 is 1.47 bits per heavy atom. The number of carbonyl (C=O) groups is 1. The lowest BCUT2D eigenvalue weighted by atomic mass is 9.90. The molecule has 1 N–H and O–H groups in total. The maximum absolute atomic E-state index is 13.0. The average Bonchev–Trinajstić information content (AvgIpc) is 3.61. The molecule has 0 spiro atoms. The molecule has 1 aromatic heterocycles. The number of benzene rings is 3. The standard InChI is InChI=1S/C36H41N3O4/c40-36(37-26-34(35-12-7-23-42-35)39-21-24-41-25-22-39)30-13-15-31(16-14-30)43-32-17-19-38(20-18-32)27-33(28-8-3-1-4-9-28)29-10-5-2-6-11-29/h1-16,23,32-34H,17-22,24-27H2,(H,37,40). The summed E-state index contributed by atoms with van der Waals surface area (Å²) in [7, 11) is 0. The third-order valence-corrected chi connectivity index (χ3v) is 8.61. The minimum atomic E-state index is -0.101. The number of furan rings is 1. The minimum absolute atomic E-state index is 0.0213. The molecule has 2 saturated heterocycles. The van der Waals surface area contributed by atoms with Crippen LogP contribution in [0.4, 0.5) is 0 Å². The lowest BCUT2D eigenvalue weighted by Crippen LogP contribution is -2.43. The maximum Gasteiger partial charge on any atom is 0.251 e. The van der Waals surface area contributed by atoms with Crippen LogP contribution in [0, 0.1) is 0 Å². The highest BCUT2D eigenvalue weighted by molar-refractivity contribution is 5.94. The molecule has 0 aliphatic carbocycles. The normalized spacial score (nSPS) is 17.5. The van der Waals surface area contributed by atoms with Crippen molar-refractivity contribution in [2.45, 2.75) is 30.9 Å². The zero-order valence-electron chi connectivity index (χ0n) is 24.6. The zero-order valence-corrected chi connectivity index (χ0v) is 24.6.